The molecule has 1 aliphatic heterocycles. The van der Waals surface area contributed by atoms with Crippen LogP contribution < -0.4 is 0 Å². The molecule has 1 N–H and O–H groups in total. The lowest BCUT2D eigenvalue weighted by Gasteiger charge is -2.23. The molecule has 2 rings (SSSR count). The molecule has 1 atom stereocenters. The van der Waals surface area contributed by atoms with Gasteiger partial charge < -0.3 is 9.84 Å². The third kappa shape index (κ3) is 2.42. The number of likely N-dealkylation sites (tertiary alicyclic amines) is 1. The summed E-state index contributed by atoms with van der Waals surface area (Å²) < 4.78 is 5.38. The van der Waals surface area contributed by atoms with Crippen molar-refractivity contribution in [1.82, 2.24) is 4.90 Å². The van der Waals surface area contributed by atoms with Crippen molar-refractivity contribution in [3.63, 3.8) is 0 Å². The average Bonchev–Trinajstić information content (AvgIpc) is 2.88. The Kier molecular flexibility index (Phi) is 3.19. The second kappa shape index (κ2) is 4.40. The van der Waals surface area contributed by atoms with Gasteiger partial charge >= 0.3 is 0 Å². The largest absolute Gasteiger partial charge is 0.394 e. The lowest BCUT2D eigenvalue weighted by molar-refractivity contribution is 0.0513. The highest BCUT2D eigenvalue weighted by Crippen LogP contribution is 2.33. The highest BCUT2D eigenvalue weighted by molar-refractivity contribution is 4.92. The van der Waals surface area contributed by atoms with Crippen LogP contribution >= 0.6 is 0 Å². The molecule has 3 heteroatoms. The van der Waals surface area contributed by atoms with Gasteiger partial charge in [0.1, 0.15) is 0 Å². The molecule has 2 aliphatic rings. The third-order valence-electron chi connectivity index (χ3n) is 2.98. The van der Waals surface area contributed by atoms with Crippen molar-refractivity contribution in [2.24, 2.45) is 0 Å². The molecule has 13 heavy (non-hydrogen) atoms. The van der Waals surface area contributed by atoms with Gasteiger partial charge in [-0.15, -0.1) is 0 Å². The van der Waals surface area contributed by atoms with Gasteiger partial charge in [0.2, 0.25) is 0 Å². The van der Waals surface area contributed by atoms with E-state index in [0.29, 0.717) is 12.6 Å². The van der Waals surface area contributed by atoms with E-state index in [1.807, 2.05) is 0 Å². The van der Waals surface area contributed by atoms with Crippen LogP contribution in [0.25, 0.3) is 0 Å². The lowest BCUT2D eigenvalue weighted by Crippen LogP contribution is -2.35. The number of hydrogen-bond donors (Lipinski definition) is 1. The minimum Gasteiger partial charge on any atom is -0.394 e. The molecule has 0 aromatic rings. The summed E-state index contributed by atoms with van der Waals surface area (Å²) in [6, 6.07) is 1.50. The molecule has 3 nitrogen and oxygen atoms in total. The molecule has 0 amide bonds. The van der Waals surface area contributed by atoms with E-state index >= 15 is 0 Å². The molecule has 1 saturated carbocycles. The fourth-order valence-electron chi connectivity index (χ4n) is 2.21. The summed E-state index contributed by atoms with van der Waals surface area (Å²) in [6.07, 6.45) is 5.37. The van der Waals surface area contributed by atoms with Crippen LogP contribution in [0.4, 0.5) is 0 Å². The summed E-state index contributed by atoms with van der Waals surface area (Å²) in [5, 5.41) is 8.59. The minimum absolute atomic E-state index is 0.149. The van der Waals surface area contributed by atoms with E-state index in [4.69, 9.17) is 9.84 Å². The Morgan fingerprint density at radius 1 is 1.31 bits per heavy atom. The van der Waals surface area contributed by atoms with Crippen molar-refractivity contribution in [2.75, 3.05) is 26.4 Å². The van der Waals surface area contributed by atoms with Crippen molar-refractivity contribution < 1.29 is 9.84 Å². The van der Waals surface area contributed by atoms with Crippen LogP contribution in [0.5, 0.6) is 0 Å². The summed E-state index contributed by atoms with van der Waals surface area (Å²) in [5.74, 6) is 0. The van der Waals surface area contributed by atoms with E-state index in [0.717, 1.165) is 12.6 Å². The van der Waals surface area contributed by atoms with E-state index in [2.05, 4.69) is 4.90 Å². The monoisotopic (exact) mass is 185 g/mol. The second-order valence-corrected chi connectivity index (χ2v) is 4.06. The van der Waals surface area contributed by atoms with Gasteiger partial charge in [-0.05, 0) is 32.2 Å². The van der Waals surface area contributed by atoms with Crippen molar-refractivity contribution >= 4 is 0 Å². The first-order chi connectivity index (χ1) is 6.42. The molecule has 0 aromatic heterocycles. The molecule has 1 saturated heterocycles. The van der Waals surface area contributed by atoms with E-state index < -0.39 is 0 Å². The summed E-state index contributed by atoms with van der Waals surface area (Å²) >= 11 is 0. The van der Waals surface area contributed by atoms with Crippen molar-refractivity contribution in [1.29, 1.82) is 0 Å². The van der Waals surface area contributed by atoms with Crippen molar-refractivity contribution in [3.05, 3.63) is 0 Å². The van der Waals surface area contributed by atoms with Gasteiger partial charge in [0.05, 0.1) is 19.8 Å². The first-order valence-electron chi connectivity index (χ1n) is 5.36. The van der Waals surface area contributed by atoms with Crippen LogP contribution in [-0.4, -0.2) is 48.5 Å². The molecule has 1 heterocycles. The lowest BCUT2D eigenvalue weighted by atomic mass is 10.2. The fraction of sp³-hybridized carbons (Fsp3) is 1.00. The smallest absolute Gasteiger partial charge is 0.0698 e. The van der Waals surface area contributed by atoms with Gasteiger partial charge in [0.25, 0.3) is 0 Å². The topological polar surface area (TPSA) is 32.7 Å². The first-order valence-corrected chi connectivity index (χ1v) is 5.36. The molecular formula is C10H19NO2. The zero-order valence-electron chi connectivity index (χ0n) is 8.11. The molecule has 76 valence electrons. The average molecular weight is 185 g/mol. The van der Waals surface area contributed by atoms with Gasteiger partial charge in [-0.1, -0.05) is 0 Å². The maximum Gasteiger partial charge on any atom is 0.0698 e. The molecule has 1 unspecified atom stereocenters. The van der Waals surface area contributed by atoms with Crippen LogP contribution in [0.15, 0.2) is 0 Å². The van der Waals surface area contributed by atoms with Crippen LogP contribution in [0.1, 0.15) is 25.7 Å². The van der Waals surface area contributed by atoms with Crippen LogP contribution in [0, 0.1) is 0 Å². The highest BCUT2D eigenvalue weighted by atomic mass is 16.5. The van der Waals surface area contributed by atoms with E-state index in [1.54, 1.807) is 0 Å². The Labute approximate surface area is 79.7 Å². The Morgan fingerprint density at radius 2 is 2.15 bits per heavy atom. The predicted molar refractivity (Wildman–Crippen MR) is 50.7 cm³/mol. The van der Waals surface area contributed by atoms with Gasteiger partial charge in [0.15, 0.2) is 0 Å². The van der Waals surface area contributed by atoms with E-state index in [-0.39, 0.29) is 6.61 Å². The molecule has 0 bridgehead atoms. The summed E-state index contributed by atoms with van der Waals surface area (Å²) in [7, 11) is 0. The zero-order chi connectivity index (χ0) is 9.10. The maximum absolute atomic E-state index is 8.59. The van der Waals surface area contributed by atoms with Gasteiger partial charge in [-0.25, -0.2) is 0 Å². The quantitative estimate of drug-likeness (QED) is 0.637. The SMILES string of the molecule is OCCOCC1CCCN1C1CC1. The summed E-state index contributed by atoms with van der Waals surface area (Å²) in [6.45, 7) is 2.72. The van der Waals surface area contributed by atoms with Crippen LogP contribution in [0.3, 0.4) is 0 Å². The number of aliphatic hydroxyl groups is 1. The maximum atomic E-state index is 8.59. The Hall–Kier alpha value is -0.120. The number of hydrogen-bond acceptors (Lipinski definition) is 3. The molecule has 1 aliphatic carbocycles. The Balaban J connectivity index is 1.70. The molecule has 2 fully saturated rings. The first kappa shape index (κ1) is 9.44. The van der Waals surface area contributed by atoms with E-state index in [1.165, 1.54) is 32.2 Å². The third-order valence-corrected chi connectivity index (χ3v) is 2.98. The Morgan fingerprint density at radius 3 is 2.85 bits per heavy atom. The fourth-order valence-corrected chi connectivity index (χ4v) is 2.21. The number of nitrogens with zero attached hydrogens (tertiary/aromatic N) is 1. The number of ether oxygens (including phenoxy) is 1. The Bertz CT molecular complexity index is 159. The van der Waals surface area contributed by atoms with E-state index in [9.17, 15) is 0 Å². The second-order valence-electron chi connectivity index (χ2n) is 4.06. The van der Waals surface area contributed by atoms with Crippen molar-refractivity contribution in [2.45, 2.75) is 37.8 Å². The minimum atomic E-state index is 0.149. The highest BCUT2D eigenvalue weighted by Gasteiger charge is 2.36. The molecule has 0 radical (unpaired) electrons. The number of aliphatic hydroxyl groups excluding tert-OH is 1. The number of rotatable bonds is 5. The van der Waals surface area contributed by atoms with Gasteiger partial charge in [-0.2, -0.15) is 0 Å². The van der Waals surface area contributed by atoms with Gasteiger partial charge in [0, 0.05) is 12.1 Å². The summed E-state index contributed by atoms with van der Waals surface area (Å²) in [4.78, 5) is 2.59. The standard InChI is InChI=1S/C10H19NO2/c12-6-7-13-8-10-2-1-5-11(10)9-3-4-9/h9-10,12H,1-8H2. The molecule has 0 aromatic carbocycles. The molecule has 0 spiro atoms. The normalized spacial score (nSPS) is 29.8. The van der Waals surface area contributed by atoms with Gasteiger partial charge in [-0.3, -0.25) is 4.90 Å². The molecular weight excluding hydrogens is 166 g/mol. The van der Waals surface area contributed by atoms with Crippen LogP contribution in [0.2, 0.25) is 0 Å². The van der Waals surface area contributed by atoms with Crippen LogP contribution in [-0.2, 0) is 4.74 Å². The summed E-state index contributed by atoms with van der Waals surface area (Å²) in [5.41, 5.74) is 0. The predicted octanol–water partition coefficient (Wildman–Crippen LogP) is 0.622. The zero-order valence-corrected chi connectivity index (χ0v) is 8.11. The van der Waals surface area contributed by atoms with Crippen molar-refractivity contribution in [3.8, 4) is 0 Å².